The average molecular weight is 352 g/mol. The number of sulfonamides is 1. The second kappa shape index (κ2) is 6.30. The largest absolute Gasteiger partial charge is 0.399 e. The monoisotopic (exact) mass is 351 g/mol. The van der Waals surface area contributed by atoms with Crippen molar-refractivity contribution in [3.63, 3.8) is 0 Å². The standard InChI is InChI=1S/C13H19Cl2N3O2S/c1-8(18(2)10-3-4-10)7-17-21(19,20)13-11(14)5-9(16)6-12(13)15/h5-6,8,10,17H,3-4,7,16H2,1-2H3. The Hall–Kier alpha value is -0.530. The molecule has 0 bridgehead atoms. The number of hydrogen-bond acceptors (Lipinski definition) is 4. The van der Waals surface area contributed by atoms with E-state index in [4.69, 9.17) is 28.9 Å². The van der Waals surface area contributed by atoms with E-state index in [-0.39, 0.29) is 21.0 Å². The van der Waals surface area contributed by atoms with Gasteiger partial charge in [0.1, 0.15) is 4.90 Å². The van der Waals surface area contributed by atoms with Crippen LogP contribution >= 0.6 is 23.2 Å². The van der Waals surface area contributed by atoms with Gasteiger partial charge in [-0.3, -0.25) is 4.90 Å². The molecule has 8 heteroatoms. The molecule has 0 heterocycles. The number of hydrogen-bond donors (Lipinski definition) is 2. The molecular weight excluding hydrogens is 333 g/mol. The molecule has 2 rings (SSSR count). The van der Waals surface area contributed by atoms with Crippen molar-refractivity contribution in [2.75, 3.05) is 19.3 Å². The highest BCUT2D eigenvalue weighted by molar-refractivity contribution is 7.89. The van der Waals surface area contributed by atoms with Crippen molar-refractivity contribution >= 4 is 38.9 Å². The molecule has 0 saturated heterocycles. The van der Waals surface area contributed by atoms with E-state index in [0.717, 1.165) is 0 Å². The van der Waals surface area contributed by atoms with Gasteiger partial charge in [0.15, 0.2) is 0 Å². The third-order valence-corrected chi connectivity index (χ3v) is 6.02. The minimum absolute atomic E-state index is 0.0238. The molecule has 1 fully saturated rings. The Labute approximate surface area is 135 Å². The summed E-state index contributed by atoms with van der Waals surface area (Å²) in [6.45, 7) is 2.28. The molecule has 0 aliphatic heterocycles. The van der Waals surface area contributed by atoms with E-state index in [0.29, 0.717) is 18.3 Å². The molecule has 1 aliphatic carbocycles. The summed E-state index contributed by atoms with van der Waals surface area (Å²) in [7, 11) is -1.77. The van der Waals surface area contributed by atoms with Gasteiger partial charge in [0, 0.05) is 24.3 Å². The predicted molar refractivity (Wildman–Crippen MR) is 86.3 cm³/mol. The first-order valence-corrected chi connectivity index (χ1v) is 8.92. The molecule has 0 radical (unpaired) electrons. The third kappa shape index (κ3) is 4.02. The van der Waals surface area contributed by atoms with Crippen LogP contribution in [0.15, 0.2) is 17.0 Å². The lowest BCUT2D eigenvalue weighted by Gasteiger charge is -2.24. The highest BCUT2D eigenvalue weighted by Gasteiger charge is 2.30. The van der Waals surface area contributed by atoms with Crippen LogP contribution < -0.4 is 10.5 Å². The minimum Gasteiger partial charge on any atom is -0.399 e. The number of nitrogens with zero attached hydrogens (tertiary/aromatic N) is 1. The van der Waals surface area contributed by atoms with Gasteiger partial charge in [0.2, 0.25) is 10.0 Å². The fraction of sp³-hybridized carbons (Fsp3) is 0.538. The van der Waals surface area contributed by atoms with Gasteiger partial charge in [-0.1, -0.05) is 23.2 Å². The Morgan fingerprint density at radius 2 is 1.90 bits per heavy atom. The van der Waals surface area contributed by atoms with Crippen LogP contribution in [0.5, 0.6) is 0 Å². The number of halogens is 2. The van der Waals surface area contributed by atoms with Gasteiger partial charge in [-0.05, 0) is 38.9 Å². The number of rotatable bonds is 6. The quantitative estimate of drug-likeness (QED) is 0.771. The molecule has 1 aromatic carbocycles. The highest BCUT2D eigenvalue weighted by atomic mass is 35.5. The summed E-state index contributed by atoms with van der Waals surface area (Å²) in [6, 6.07) is 3.41. The fourth-order valence-corrected chi connectivity index (χ4v) is 4.47. The molecule has 5 nitrogen and oxygen atoms in total. The van der Waals surface area contributed by atoms with E-state index in [1.165, 1.54) is 25.0 Å². The van der Waals surface area contributed by atoms with Crippen molar-refractivity contribution in [3.05, 3.63) is 22.2 Å². The van der Waals surface area contributed by atoms with Crippen LogP contribution in [0.4, 0.5) is 5.69 Å². The highest BCUT2D eigenvalue weighted by Crippen LogP contribution is 2.32. The Bertz CT molecular complexity index is 609. The molecule has 0 amide bonds. The SMILES string of the molecule is CC(CNS(=O)(=O)c1c(Cl)cc(N)cc1Cl)N(C)C1CC1. The van der Waals surface area contributed by atoms with E-state index in [2.05, 4.69) is 9.62 Å². The number of likely N-dealkylation sites (N-methyl/N-ethyl adjacent to an activating group) is 1. The summed E-state index contributed by atoms with van der Waals surface area (Å²) >= 11 is 11.9. The van der Waals surface area contributed by atoms with Crippen molar-refractivity contribution in [1.82, 2.24) is 9.62 Å². The topological polar surface area (TPSA) is 75.4 Å². The molecule has 1 aromatic rings. The average Bonchev–Trinajstić information content (AvgIpc) is 3.17. The summed E-state index contributed by atoms with van der Waals surface area (Å²) < 4.78 is 27.3. The molecule has 1 atom stereocenters. The maximum absolute atomic E-state index is 12.4. The van der Waals surface area contributed by atoms with Gasteiger partial charge < -0.3 is 5.73 Å². The van der Waals surface area contributed by atoms with Crippen LogP contribution in [0.1, 0.15) is 19.8 Å². The molecule has 21 heavy (non-hydrogen) atoms. The van der Waals surface area contributed by atoms with Gasteiger partial charge in [0.05, 0.1) is 10.0 Å². The molecule has 0 aromatic heterocycles. The summed E-state index contributed by atoms with van der Waals surface area (Å²) in [5, 5.41) is 0.0476. The third-order valence-electron chi connectivity index (χ3n) is 3.68. The van der Waals surface area contributed by atoms with Gasteiger partial charge >= 0.3 is 0 Å². The number of nitrogen functional groups attached to an aromatic ring is 1. The molecule has 1 aliphatic rings. The second-order valence-electron chi connectivity index (χ2n) is 5.41. The lowest BCUT2D eigenvalue weighted by molar-refractivity contribution is 0.248. The van der Waals surface area contributed by atoms with Crippen LogP contribution in [-0.2, 0) is 10.0 Å². The van der Waals surface area contributed by atoms with Crippen LogP contribution in [0.25, 0.3) is 0 Å². The van der Waals surface area contributed by atoms with Gasteiger partial charge in [-0.15, -0.1) is 0 Å². The van der Waals surface area contributed by atoms with Crippen LogP contribution in [0, 0.1) is 0 Å². The van der Waals surface area contributed by atoms with E-state index < -0.39 is 10.0 Å². The normalized spacial score (nSPS) is 17.2. The number of nitrogens with one attached hydrogen (secondary N) is 1. The summed E-state index contributed by atoms with van der Waals surface area (Å²) in [4.78, 5) is 2.05. The van der Waals surface area contributed by atoms with E-state index in [9.17, 15) is 8.42 Å². The Kier molecular flexibility index (Phi) is 5.05. The Balaban J connectivity index is 2.11. The van der Waals surface area contributed by atoms with Crippen molar-refractivity contribution in [2.24, 2.45) is 0 Å². The maximum Gasteiger partial charge on any atom is 0.243 e. The first-order valence-electron chi connectivity index (χ1n) is 6.68. The summed E-state index contributed by atoms with van der Waals surface area (Å²) in [6.07, 6.45) is 2.34. The number of nitrogens with two attached hydrogens (primary N) is 1. The molecule has 0 spiro atoms. The zero-order chi connectivity index (χ0) is 15.8. The van der Waals surface area contributed by atoms with Crippen molar-refractivity contribution in [2.45, 2.75) is 36.7 Å². The molecule has 3 N–H and O–H groups in total. The number of benzene rings is 1. The summed E-state index contributed by atoms with van der Waals surface area (Å²) in [5.74, 6) is 0. The Morgan fingerprint density at radius 1 is 1.38 bits per heavy atom. The smallest absolute Gasteiger partial charge is 0.243 e. The summed E-state index contributed by atoms with van der Waals surface area (Å²) in [5.41, 5.74) is 5.91. The lowest BCUT2D eigenvalue weighted by Crippen LogP contribution is -2.41. The fourth-order valence-electron chi connectivity index (χ4n) is 2.12. The predicted octanol–water partition coefficient (Wildman–Crippen LogP) is 2.34. The van der Waals surface area contributed by atoms with E-state index >= 15 is 0 Å². The first kappa shape index (κ1) is 16.8. The van der Waals surface area contributed by atoms with E-state index in [1.807, 2.05) is 14.0 Å². The van der Waals surface area contributed by atoms with Crippen molar-refractivity contribution in [3.8, 4) is 0 Å². The second-order valence-corrected chi connectivity index (χ2v) is 7.93. The molecular formula is C13H19Cl2N3O2S. The molecule has 118 valence electrons. The van der Waals surface area contributed by atoms with Crippen LogP contribution in [-0.4, -0.2) is 39.0 Å². The van der Waals surface area contributed by atoms with Crippen LogP contribution in [0.3, 0.4) is 0 Å². The Morgan fingerprint density at radius 3 is 2.38 bits per heavy atom. The maximum atomic E-state index is 12.4. The zero-order valence-corrected chi connectivity index (χ0v) is 14.3. The lowest BCUT2D eigenvalue weighted by atomic mass is 10.3. The number of anilines is 1. The van der Waals surface area contributed by atoms with Gasteiger partial charge in [0.25, 0.3) is 0 Å². The molecule has 1 saturated carbocycles. The first-order chi connectivity index (χ1) is 9.72. The van der Waals surface area contributed by atoms with Gasteiger partial charge in [-0.25, -0.2) is 13.1 Å². The van der Waals surface area contributed by atoms with Gasteiger partial charge in [-0.2, -0.15) is 0 Å². The van der Waals surface area contributed by atoms with E-state index in [1.54, 1.807) is 0 Å². The minimum atomic E-state index is -3.77. The van der Waals surface area contributed by atoms with Crippen molar-refractivity contribution in [1.29, 1.82) is 0 Å². The molecule has 1 unspecified atom stereocenters. The van der Waals surface area contributed by atoms with Crippen LogP contribution in [0.2, 0.25) is 10.0 Å². The zero-order valence-electron chi connectivity index (χ0n) is 11.9. The van der Waals surface area contributed by atoms with Crippen molar-refractivity contribution < 1.29 is 8.42 Å².